The van der Waals surface area contributed by atoms with Crippen LogP contribution in [0.4, 0.5) is 0 Å². The number of fused-ring (bicyclic) bond motifs is 1. The Bertz CT molecular complexity index is 276. The van der Waals surface area contributed by atoms with Gasteiger partial charge in [0.15, 0.2) is 0 Å². The van der Waals surface area contributed by atoms with Crippen molar-refractivity contribution in [2.45, 2.75) is 37.8 Å². The summed E-state index contributed by atoms with van der Waals surface area (Å²) in [6.45, 7) is 3.75. The molecule has 1 amide bonds. The topological polar surface area (TPSA) is 41.6 Å². The lowest BCUT2D eigenvalue weighted by atomic mass is 9.91. The molecule has 4 heteroatoms. The van der Waals surface area contributed by atoms with Gasteiger partial charge in [0.25, 0.3) is 5.91 Å². The Morgan fingerprint density at radius 3 is 3.00 bits per heavy atom. The molecule has 3 aliphatic rings. The molecule has 0 aliphatic carbocycles. The molecular formula is C12H20N2O2. The minimum atomic E-state index is -0.139. The normalized spacial score (nSPS) is 38.8. The number of nitrogens with one attached hydrogen (secondary N) is 1. The van der Waals surface area contributed by atoms with Gasteiger partial charge in [-0.15, -0.1) is 0 Å². The number of hydrogen-bond acceptors (Lipinski definition) is 3. The van der Waals surface area contributed by atoms with Gasteiger partial charge in [-0.05, 0) is 31.6 Å². The second kappa shape index (κ2) is 4.34. The summed E-state index contributed by atoms with van der Waals surface area (Å²) < 4.78 is 5.50. The molecule has 0 bridgehead atoms. The molecule has 0 aromatic carbocycles. The maximum Gasteiger partial charge on any atom is 0.252 e. The summed E-state index contributed by atoms with van der Waals surface area (Å²) in [6, 6.07) is 0.436. The lowest BCUT2D eigenvalue weighted by Gasteiger charge is -2.38. The van der Waals surface area contributed by atoms with E-state index < -0.39 is 0 Å². The summed E-state index contributed by atoms with van der Waals surface area (Å²) in [5, 5.41) is 3.40. The highest BCUT2D eigenvalue weighted by Crippen LogP contribution is 2.28. The highest BCUT2D eigenvalue weighted by Gasteiger charge is 2.40. The van der Waals surface area contributed by atoms with Crippen LogP contribution in [-0.4, -0.2) is 49.2 Å². The monoisotopic (exact) mass is 224 g/mol. The van der Waals surface area contributed by atoms with Crippen LogP contribution in [-0.2, 0) is 9.53 Å². The molecule has 3 heterocycles. The minimum Gasteiger partial charge on any atom is -0.368 e. The van der Waals surface area contributed by atoms with Crippen LogP contribution in [0.25, 0.3) is 0 Å². The largest absolute Gasteiger partial charge is 0.368 e. The smallest absolute Gasteiger partial charge is 0.252 e. The van der Waals surface area contributed by atoms with Crippen LogP contribution >= 0.6 is 0 Å². The number of hydrogen-bond donors (Lipinski definition) is 1. The van der Waals surface area contributed by atoms with Crippen LogP contribution in [0.15, 0.2) is 0 Å². The van der Waals surface area contributed by atoms with Gasteiger partial charge in [0.05, 0.1) is 0 Å². The highest BCUT2D eigenvalue weighted by molar-refractivity contribution is 5.81. The molecule has 0 aromatic rings. The van der Waals surface area contributed by atoms with E-state index in [1.807, 2.05) is 0 Å². The fourth-order valence-electron chi connectivity index (χ4n) is 3.30. The van der Waals surface area contributed by atoms with Crippen molar-refractivity contribution in [3.63, 3.8) is 0 Å². The summed E-state index contributed by atoms with van der Waals surface area (Å²) in [5.41, 5.74) is 0. The van der Waals surface area contributed by atoms with Crippen molar-refractivity contribution in [3.05, 3.63) is 0 Å². The van der Waals surface area contributed by atoms with Crippen molar-refractivity contribution in [1.29, 1.82) is 0 Å². The number of nitrogens with zero attached hydrogens (tertiary/aromatic N) is 1. The lowest BCUT2D eigenvalue weighted by Crippen LogP contribution is -2.51. The van der Waals surface area contributed by atoms with Crippen molar-refractivity contribution in [1.82, 2.24) is 10.2 Å². The first-order chi connectivity index (χ1) is 7.86. The third kappa shape index (κ3) is 1.74. The molecule has 1 N–H and O–H groups in total. The zero-order valence-electron chi connectivity index (χ0n) is 9.65. The van der Waals surface area contributed by atoms with E-state index in [1.165, 1.54) is 6.42 Å². The van der Waals surface area contributed by atoms with E-state index in [1.54, 1.807) is 0 Å². The third-order valence-corrected chi connectivity index (χ3v) is 4.17. The number of carbonyl (C=O) groups excluding carboxylic acids is 1. The van der Waals surface area contributed by atoms with E-state index in [0.29, 0.717) is 12.0 Å². The van der Waals surface area contributed by atoms with E-state index in [0.717, 1.165) is 45.5 Å². The maximum absolute atomic E-state index is 12.3. The van der Waals surface area contributed by atoms with Gasteiger partial charge in [0, 0.05) is 32.3 Å². The molecular weight excluding hydrogens is 204 g/mol. The number of carbonyl (C=O) groups is 1. The predicted molar refractivity (Wildman–Crippen MR) is 60.1 cm³/mol. The van der Waals surface area contributed by atoms with Gasteiger partial charge >= 0.3 is 0 Å². The zero-order valence-corrected chi connectivity index (χ0v) is 9.65. The molecule has 0 saturated carbocycles. The summed E-state index contributed by atoms with van der Waals surface area (Å²) in [6.07, 6.45) is 4.24. The van der Waals surface area contributed by atoms with Gasteiger partial charge in [-0.3, -0.25) is 4.79 Å². The Morgan fingerprint density at radius 2 is 2.19 bits per heavy atom. The second-order valence-electron chi connectivity index (χ2n) is 5.16. The fraction of sp³-hybridized carbons (Fsp3) is 0.917. The second-order valence-corrected chi connectivity index (χ2v) is 5.16. The molecule has 4 nitrogen and oxygen atoms in total. The van der Waals surface area contributed by atoms with Crippen LogP contribution in [0, 0.1) is 5.92 Å². The zero-order chi connectivity index (χ0) is 11.0. The number of rotatable bonds is 1. The quantitative estimate of drug-likeness (QED) is 0.700. The molecule has 3 fully saturated rings. The van der Waals surface area contributed by atoms with Gasteiger partial charge in [0.1, 0.15) is 6.10 Å². The van der Waals surface area contributed by atoms with E-state index in [2.05, 4.69) is 10.2 Å². The molecule has 90 valence electrons. The van der Waals surface area contributed by atoms with Crippen molar-refractivity contribution < 1.29 is 9.53 Å². The predicted octanol–water partition coefficient (Wildman–Crippen LogP) is 0.376. The SMILES string of the molecule is O=C([C@@H]1CCCO1)N1CCCC2CNCC21. The molecule has 16 heavy (non-hydrogen) atoms. The number of piperidine rings is 1. The Labute approximate surface area is 96.3 Å². The molecule has 2 unspecified atom stereocenters. The van der Waals surface area contributed by atoms with E-state index in [9.17, 15) is 4.79 Å². The Kier molecular flexibility index (Phi) is 2.86. The third-order valence-electron chi connectivity index (χ3n) is 4.17. The summed E-state index contributed by atoms with van der Waals surface area (Å²) >= 11 is 0. The fourth-order valence-corrected chi connectivity index (χ4v) is 3.30. The molecule has 3 atom stereocenters. The first-order valence-corrected chi connectivity index (χ1v) is 6.49. The van der Waals surface area contributed by atoms with E-state index in [-0.39, 0.29) is 12.0 Å². The highest BCUT2D eigenvalue weighted by atomic mass is 16.5. The van der Waals surface area contributed by atoms with Crippen LogP contribution in [0.5, 0.6) is 0 Å². The Hall–Kier alpha value is -0.610. The summed E-state index contributed by atoms with van der Waals surface area (Å²) in [4.78, 5) is 14.4. The summed E-state index contributed by atoms with van der Waals surface area (Å²) in [5.74, 6) is 0.926. The molecule has 0 spiro atoms. The first-order valence-electron chi connectivity index (χ1n) is 6.49. The van der Waals surface area contributed by atoms with Gasteiger partial charge < -0.3 is 15.0 Å². The van der Waals surface area contributed by atoms with E-state index in [4.69, 9.17) is 4.74 Å². The van der Waals surface area contributed by atoms with Crippen LogP contribution in [0.3, 0.4) is 0 Å². The maximum atomic E-state index is 12.3. The molecule has 0 radical (unpaired) electrons. The first kappa shape index (κ1) is 10.5. The molecule has 0 aromatic heterocycles. The Morgan fingerprint density at radius 1 is 1.25 bits per heavy atom. The summed E-state index contributed by atoms with van der Waals surface area (Å²) in [7, 11) is 0. The number of amides is 1. The van der Waals surface area contributed by atoms with Gasteiger partial charge in [-0.25, -0.2) is 0 Å². The number of ether oxygens (including phenoxy) is 1. The van der Waals surface area contributed by atoms with Crippen LogP contribution < -0.4 is 5.32 Å². The van der Waals surface area contributed by atoms with Crippen molar-refractivity contribution in [2.24, 2.45) is 5.92 Å². The van der Waals surface area contributed by atoms with Crippen molar-refractivity contribution in [3.8, 4) is 0 Å². The van der Waals surface area contributed by atoms with Crippen LogP contribution in [0.2, 0.25) is 0 Å². The minimum absolute atomic E-state index is 0.139. The van der Waals surface area contributed by atoms with E-state index >= 15 is 0 Å². The average Bonchev–Trinajstić information content (AvgIpc) is 2.98. The van der Waals surface area contributed by atoms with Crippen LogP contribution in [0.1, 0.15) is 25.7 Å². The van der Waals surface area contributed by atoms with Crippen molar-refractivity contribution in [2.75, 3.05) is 26.2 Å². The van der Waals surface area contributed by atoms with Gasteiger partial charge in [-0.1, -0.05) is 0 Å². The average molecular weight is 224 g/mol. The standard InChI is InChI=1S/C12H20N2O2/c15-12(11-4-2-6-16-11)14-5-1-3-9-7-13-8-10(9)14/h9-11,13H,1-8H2/t9?,10?,11-/m0/s1. The van der Waals surface area contributed by atoms with Crippen molar-refractivity contribution >= 4 is 5.91 Å². The van der Waals surface area contributed by atoms with Gasteiger partial charge in [-0.2, -0.15) is 0 Å². The Balaban J connectivity index is 1.70. The molecule has 3 aliphatic heterocycles. The molecule has 3 saturated heterocycles. The molecule has 3 rings (SSSR count). The lowest BCUT2D eigenvalue weighted by molar-refractivity contribution is -0.145. The number of likely N-dealkylation sites (tertiary alicyclic amines) is 1. The van der Waals surface area contributed by atoms with Gasteiger partial charge in [0.2, 0.25) is 0 Å².